The predicted molar refractivity (Wildman–Crippen MR) is 45.2 cm³/mol. The van der Waals surface area contributed by atoms with E-state index in [4.69, 9.17) is 10.2 Å². The summed E-state index contributed by atoms with van der Waals surface area (Å²) in [5.41, 5.74) is 0. The zero-order chi connectivity index (χ0) is 7.98. The van der Waals surface area contributed by atoms with Crippen molar-refractivity contribution in [2.24, 2.45) is 0 Å². The number of rotatable bonds is 4. The second-order valence-electron chi connectivity index (χ2n) is 2.05. The van der Waals surface area contributed by atoms with Gasteiger partial charge >= 0.3 is 0 Å². The maximum absolute atomic E-state index is 9.09. The molecule has 0 bridgehead atoms. The fraction of sp³-hybridized carbons (Fsp3) is 0.714. The summed E-state index contributed by atoms with van der Waals surface area (Å²) >= 11 is 1.57. The molecule has 0 aromatic carbocycles. The predicted octanol–water partition coefficient (Wildman–Crippen LogP) is 0.647. The van der Waals surface area contributed by atoms with Gasteiger partial charge in [0.1, 0.15) is 0 Å². The molecule has 0 saturated heterocycles. The summed E-state index contributed by atoms with van der Waals surface area (Å²) in [5.74, 6) is 0. The minimum absolute atomic E-state index is 0.0454. The summed E-state index contributed by atoms with van der Waals surface area (Å²) in [4.78, 5) is 0. The molecular weight excluding hydrogens is 148 g/mol. The highest BCUT2D eigenvalue weighted by molar-refractivity contribution is 7.99. The van der Waals surface area contributed by atoms with Gasteiger partial charge in [0.15, 0.2) is 0 Å². The Bertz CT molecular complexity index is 102. The number of thioether (sulfide) groups is 1. The van der Waals surface area contributed by atoms with E-state index in [1.54, 1.807) is 24.8 Å². The molecule has 0 aromatic heterocycles. The average molecular weight is 162 g/mol. The maximum atomic E-state index is 9.09. The van der Waals surface area contributed by atoms with Crippen molar-refractivity contribution in [3.05, 3.63) is 12.2 Å². The molecule has 0 aliphatic rings. The first-order valence-corrected chi connectivity index (χ1v) is 4.49. The van der Waals surface area contributed by atoms with Gasteiger partial charge in [-0.1, -0.05) is 12.2 Å². The van der Waals surface area contributed by atoms with Gasteiger partial charge in [-0.25, -0.2) is 0 Å². The Hall–Kier alpha value is 0.01000. The summed E-state index contributed by atoms with van der Waals surface area (Å²) < 4.78 is 0. The van der Waals surface area contributed by atoms with Crippen LogP contribution in [0.25, 0.3) is 0 Å². The Morgan fingerprint density at radius 3 is 2.50 bits per heavy atom. The third kappa shape index (κ3) is 3.93. The fourth-order valence-corrected chi connectivity index (χ4v) is 1.29. The van der Waals surface area contributed by atoms with Crippen LogP contribution in [0.4, 0.5) is 0 Å². The largest absolute Gasteiger partial charge is 0.392 e. The topological polar surface area (TPSA) is 40.5 Å². The van der Waals surface area contributed by atoms with E-state index in [9.17, 15) is 0 Å². The number of hydrogen-bond acceptors (Lipinski definition) is 3. The molecule has 10 heavy (non-hydrogen) atoms. The van der Waals surface area contributed by atoms with Crippen molar-refractivity contribution in [2.75, 3.05) is 12.9 Å². The smallest absolute Gasteiger partial charge is 0.0665 e. The number of hydrogen-bond donors (Lipinski definition) is 2. The first kappa shape index (κ1) is 10.0. The molecule has 0 spiro atoms. The van der Waals surface area contributed by atoms with Gasteiger partial charge in [0, 0.05) is 5.25 Å². The van der Waals surface area contributed by atoms with Gasteiger partial charge in [-0.2, -0.15) is 11.8 Å². The third-order valence-electron chi connectivity index (χ3n) is 1.18. The Kier molecular flexibility index (Phi) is 5.78. The summed E-state index contributed by atoms with van der Waals surface area (Å²) in [7, 11) is 0. The second kappa shape index (κ2) is 5.77. The molecule has 0 aromatic rings. The molecular formula is C7H14O2S. The minimum atomic E-state index is -0.349. The van der Waals surface area contributed by atoms with Gasteiger partial charge in [-0.15, -0.1) is 0 Å². The molecule has 2 unspecified atom stereocenters. The van der Waals surface area contributed by atoms with E-state index in [1.807, 2.05) is 12.3 Å². The van der Waals surface area contributed by atoms with Gasteiger partial charge in [0.2, 0.25) is 0 Å². The van der Waals surface area contributed by atoms with Crippen LogP contribution < -0.4 is 0 Å². The van der Waals surface area contributed by atoms with E-state index in [0.29, 0.717) is 0 Å². The lowest BCUT2D eigenvalue weighted by atomic mass is 10.2. The molecule has 0 heterocycles. The minimum Gasteiger partial charge on any atom is -0.392 e. The van der Waals surface area contributed by atoms with Gasteiger partial charge in [-0.3, -0.25) is 0 Å². The highest BCUT2D eigenvalue weighted by Crippen LogP contribution is 2.11. The van der Waals surface area contributed by atoms with Crippen molar-refractivity contribution in [3.63, 3.8) is 0 Å². The number of aliphatic hydroxyl groups excluding tert-OH is 2. The lowest BCUT2D eigenvalue weighted by molar-refractivity contribution is 0.203. The SMILES string of the molecule is CSC(/C=C/CO)C(C)O. The van der Waals surface area contributed by atoms with E-state index in [1.165, 1.54) is 0 Å². The molecule has 0 aliphatic carbocycles. The van der Waals surface area contributed by atoms with E-state index in [2.05, 4.69) is 0 Å². The first-order chi connectivity index (χ1) is 4.72. The summed E-state index contributed by atoms with van der Waals surface area (Å²) in [6.07, 6.45) is 5.04. The van der Waals surface area contributed by atoms with E-state index < -0.39 is 0 Å². The Morgan fingerprint density at radius 1 is 1.60 bits per heavy atom. The van der Waals surface area contributed by atoms with Crippen molar-refractivity contribution in [2.45, 2.75) is 18.3 Å². The van der Waals surface area contributed by atoms with Crippen molar-refractivity contribution < 1.29 is 10.2 Å². The molecule has 2 nitrogen and oxygen atoms in total. The maximum Gasteiger partial charge on any atom is 0.0665 e. The van der Waals surface area contributed by atoms with Crippen molar-refractivity contribution in [1.82, 2.24) is 0 Å². The summed E-state index contributed by atoms with van der Waals surface area (Å²) in [6, 6.07) is 0. The molecule has 0 amide bonds. The Labute approximate surface area is 66.0 Å². The lowest BCUT2D eigenvalue weighted by Gasteiger charge is -2.11. The zero-order valence-corrected chi connectivity index (χ0v) is 7.14. The van der Waals surface area contributed by atoms with E-state index in [-0.39, 0.29) is 18.0 Å². The monoisotopic (exact) mass is 162 g/mol. The normalized spacial score (nSPS) is 17.6. The second-order valence-corrected chi connectivity index (χ2v) is 3.07. The molecule has 0 radical (unpaired) electrons. The molecule has 0 fully saturated rings. The third-order valence-corrected chi connectivity index (χ3v) is 2.27. The number of aliphatic hydroxyl groups is 2. The van der Waals surface area contributed by atoms with E-state index >= 15 is 0 Å². The Morgan fingerprint density at radius 2 is 2.20 bits per heavy atom. The van der Waals surface area contributed by atoms with Gasteiger partial charge < -0.3 is 10.2 Å². The van der Waals surface area contributed by atoms with Crippen LogP contribution >= 0.6 is 11.8 Å². The molecule has 60 valence electrons. The molecule has 2 atom stereocenters. The lowest BCUT2D eigenvalue weighted by Crippen LogP contribution is -2.16. The summed E-state index contributed by atoms with van der Waals surface area (Å²) in [5, 5.41) is 17.6. The molecule has 0 aliphatic heterocycles. The van der Waals surface area contributed by atoms with Gasteiger partial charge in [-0.05, 0) is 13.2 Å². The molecule has 2 N–H and O–H groups in total. The van der Waals surface area contributed by atoms with Crippen LogP contribution in [0.1, 0.15) is 6.92 Å². The van der Waals surface area contributed by atoms with Gasteiger partial charge in [0.05, 0.1) is 12.7 Å². The molecule has 0 saturated carbocycles. The first-order valence-electron chi connectivity index (χ1n) is 3.20. The quantitative estimate of drug-likeness (QED) is 0.596. The van der Waals surface area contributed by atoms with Crippen LogP contribution in [-0.2, 0) is 0 Å². The average Bonchev–Trinajstić information content (AvgIpc) is 1.89. The van der Waals surface area contributed by atoms with Crippen molar-refractivity contribution >= 4 is 11.8 Å². The van der Waals surface area contributed by atoms with Crippen LogP contribution in [-0.4, -0.2) is 34.4 Å². The zero-order valence-electron chi connectivity index (χ0n) is 6.32. The van der Waals surface area contributed by atoms with E-state index in [0.717, 1.165) is 0 Å². The summed E-state index contributed by atoms with van der Waals surface area (Å²) in [6.45, 7) is 1.78. The van der Waals surface area contributed by atoms with Gasteiger partial charge in [0.25, 0.3) is 0 Å². The van der Waals surface area contributed by atoms with Crippen LogP contribution in [0, 0.1) is 0 Å². The molecule has 0 rings (SSSR count). The van der Waals surface area contributed by atoms with Crippen LogP contribution in [0.5, 0.6) is 0 Å². The highest BCUT2D eigenvalue weighted by Gasteiger charge is 2.07. The standard InChI is InChI=1S/C7H14O2S/c1-6(9)7(10-2)4-3-5-8/h3-4,6-9H,5H2,1-2H3/b4-3+. The fourth-order valence-electron chi connectivity index (χ4n) is 0.631. The van der Waals surface area contributed by atoms with Crippen LogP contribution in [0.15, 0.2) is 12.2 Å². The highest BCUT2D eigenvalue weighted by atomic mass is 32.2. The van der Waals surface area contributed by atoms with Crippen LogP contribution in [0.3, 0.4) is 0 Å². The van der Waals surface area contributed by atoms with Crippen molar-refractivity contribution in [1.29, 1.82) is 0 Å². The van der Waals surface area contributed by atoms with Crippen molar-refractivity contribution in [3.8, 4) is 0 Å². The van der Waals surface area contributed by atoms with Crippen LogP contribution in [0.2, 0.25) is 0 Å². The molecule has 3 heteroatoms. The Balaban J connectivity index is 3.71.